The average Bonchev–Trinajstić information content (AvgIpc) is 3.12. The summed E-state index contributed by atoms with van der Waals surface area (Å²) in [6, 6.07) is 0. The molecule has 0 amide bonds. The first-order valence-electron chi connectivity index (χ1n) is 13.7. The highest BCUT2D eigenvalue weighted by Gasteiger charge is 2.71. The third-order valence-electron chi connectivity index (χ3n) is 13.0. The van der Waals surface area contributed by atoms with E-state index in [4.69, 9.17) is 0 Å². The Kier molecular flexibility index (Phi) is 5.10. The first-order valence-corrected chi connectivity index (χ1v) is 13.7. The number of rotatable bonds is 2. The lowest BCUT2D eigenvalue weighted by atomic mass is 9.32. The molecule has 0 bridgehead atoms. The van der Waals surface area contributed by atoms with Gasteiger partial charge in [0.05, 0.1) is 5.54 Å². The van der Waals surface area contributed by atoms with Gasteiger partial charge < -0.3 is 0 Å². The van der Waals surface area contributed by atoms with E-state index in [-0.39, 0.29) is 27.2 Å². The Balaban J connectivity index is 1.57. The standard InChI is InChI=1S/C30H45NO2/c1-19(2)20-10-15-30(31-18-32)17-16-28(6)21(25(20)30)8-9-23-27(5)13-12-24(33)26(3,4)22(27)11-14-29(23,28)7/h20-23,25H,1,8-17H2,2-7H3/t20-,21?,22?,23+,25?,27-,28-,29+,30?/m0/s1. The Morgan fingerprint density at radius 2 is 1.64 bits per heavy atom. The van der Waals surface area contributed by atoms with E-state index < -0.39 is 0 Å². The van der Waals surface area contributed by atoms with E-state index in [1.54, 1.807) is 0 Å². The van der Waals surface area contributed by atoms with Gasteiger partial charge in [-0.3, -0.25) is 4.79 Å². The molecule has 5 fully saturated rings. The molecular formula is C30H45NO2. The van der Waals surface area contributed by atoms with Crippen LogP contribution in [0.15, 0.2) is 17.1 Å². The zero-order valence-electron chi connectivity index (χ0n) is 21.9. The molecule has 5 aliphatic rings. The lowest BCUT2D eigenvalue weighted by molar-refractivity contribution is -0.227. The maximum atomic E-state index is 12.9. The van der Waals surface area contributed by atoms with Gasteiger partial charge in [-0.05, 0) is 111 Å². The number of carbonyl (C=O) groups is 1. The minimum absolute atomic E-state index is 0.191. The molecule has 0 aromatic carbocycles. The molecule has 0 aromatic heterocycles. The molecule has 5 saturated carbocycles. The van der Waals surface area contributed by atoms with Crippen LogP contribution in [0.5, 0.6) is 0 Å². The van der Waals surface area contributed by atoms with Gasteiger partial charge >= 0.3 is 0 Å². The predicted molar refractivity (Wildman–Crippen MR) is 132 cm³/mol. The number of carbonyl (C=O) groups excluding carboxylic acids is 2. The van der Waals surface area contributed by atoms with E-state index in [9.17, 15) is 9.59 Å². The summed E-state index contributed by atoms with van der Waals surface area (Å²) in [6.07, 6.45) is 13.1. The first-order chi connectivity index (χ1) is 15.4. The normalized spacial score (nSPS) is 52.5. The van der Waals surface area contributed by atoms with Gasteiger partial charge in [0.15, 0.2) is 0 Å². The van der Waals surface area contributed by atoms with Gasteiger partial charge in [0, 0.05) is 11.8 Å². The Hall–Kier alpha value is -1.21. The van der Waals surface area contributed by atoms with Crippen LogP contribution in [0.1, 0.15) is 106 Å². The number of hydrogen-bond donors (Lipinski definition) is 0. The van der Waals surface area contributed by atoms with E-state index in [2.05, 4.69) is 53.1 Å². The molecule has 3 heteroatoms. The second-order valence-electron chi connectivity index (χ2n) is 14.1. The number of nitrogens with zero attached hydrogens (tertiary/aromatic N) is 1. The molecule has 0 spiro atoms. The molecule has 0 N–H and O–H groups in total. The number of hydrogen-bond acceptors (Lipinski definition) is 3. The van der Waals surface area contributed by atoms with Gasteiger partial charge in [0.1, 0.15) is 5.78 Å². The number of aliphatic imine (C=N–C) groups is 1. The van der Waals surface area contributed by atoms with Gasteiger partial charge in [0.25, 0.3) is 0 Å². The molecule has 0 heterocycles. The second-order valence-corrected chi connectivity index (χ2v) is 14.1. The first kappa shape index (κ1) is 23.5. The lowest BCUT2D eigenvalue weighted by Crippen LogP contribution is -2.66. The van der Waals surface area contributed by atoms with Crippen LogP contribution >= 0.6 is 0 Å². The maximum absolute atomic E-state index is 12.9. The summed E-state index contributed by atoms with van der Waals surface area (Å²) in [4.78, 5) is 29.1. The number of fused-ring (bicyclic) bond motifs is 7. The topological polar surface area (TPSA) is 46.5 Å². The molecule has 0 radical (unpaired) electrons. The predicted octanol–water partition coefficient (Wildman–Crippen LogP) is 7.30. The van der Waals surface area contributed by atoms with Gasteiger partial charge in [-0.15, -0.1) is 0 Å². The molecule has 0 aliphatic heterocycles. The minimum Gasteiger partial charge on any atom is -0.299 e. The Morgan fingerprint density at radius 3 is 2.30 bits per heavy atom. The summed E-state index contributed by atoms with van der Waals surface area (Å²) in [6.45, 7) is 18.8. The van der Waals surface area contributed by atoms with E-state index >= 15 is 0 Å². The van der Waals surface area contributed by atoms with Crippen LogP contribution in [0.25, 0.3) is 0 Å². The van der Waals surface area contributed by atoms with Crippen molar-refractivity contribution in [1.82, 2.24) is 0 Å². The maximum Gasteiger partial charge on any atom is 0.235 e. The SMILES string of the molecule is C=C(C)[C@@H]1CCC2(N=C=O)CC[C@@]3(C)C(CC[C@@H]4[C@@]5(C)CCC(=O)C(C)(C)C5CC[C@]43C)C12. The molecule has 5 rings (SSSR count). The van der Waals surface area contributed by atoms with Crippen LogP contribution in [0.4, 0.5) is 0 Å². The zero-order chi connectivity index (χ0) is 24.0. The molecule has 0 saturated heterocycles. The lowest BCUT2D eigenvalue weighted by Gasteiger charge is -2.72. The highest BCUT2D eigenvalue weighted by Crippen LogP contribution is 2.76. The smallest absolute Gasteiger partial charge is 0.235 e. The summed E-state index contributed by atoms with van der Waals surface area (Å²) < 4.78 is 0. The average molecular weight is 452 g/mol. The molecule has 4 unspecified atom stereocenters. The number of allylic oxidation sites excluding steroid dienone is 1. The third-order valence-corrected chi connectivity index (χ3v) is 13.0. The fourth-order valence-electron chi connectivity index (χ4n) is 11.2. The summed E-state index contributed by atoms with van der Waals surface area (Å²) in [7, 11) is 0. The van der Waals surface area contributed by atoms with Gasteiger partial charge in [0.2, 0.25) is 6.08 Å². The molecule has 5 aliphatic carbocycles. The summed E-state index contributed by atoms with van der Waals surface area (Å²) in [5.74, 6) is 3.16. The van der Waals surface area contributed by atoms with Crippen molar-refractivity contribution in [3.63, 3.8) is 0 Å². The molecule has 33 heavy (non-hydrogen) atoms. The van der Waals surface area contributed by atoms with E-state index in [1.165, 1.54) is 37.7 Å². The van der Waals surface area contributed by atoms with Crippen molar-refractivity contribution < 1.29 is 9.59 Å². The highest BCUT2D eigenvalue weighted by molar-refractivity contribution is 5.85. The van der Waals surface area contributed by atoms with Crippen LogP contribution < -0.4 is 0 Å². The fraction of sp³-hybridized carbons (Fsp3) is 0.867. The number of ketones is 1. The van der Waals surface area contributed by atoms with E-state index in [0.717, 1.165) is 32.1 Å². The second kappa shape index (κ2) is 7.16. The molecule has 9 atom stereocenters. The van der Waals surface area contributed by atoms with E-state index in [0.29, 0.717) is 35.4 Å². The van der Waals surface area contributed by atoms with Crippen molar-refractivity contribution in [1.29, 1.82) is 0 Å². The molecule has 182 valence electrons. The van der Waals surface area contributed by atoms with Crippen LogP contribution in [-0.2, 0) is 9.59 Å². The Labute approximate surface area is 201 Å². The van der Waals surface area contributed by atoms with Crippen molar-refractivity contribution >= 4 is 11.9 Å². The number of isocyanates is 1. The van der Waals surface area contributed by atoms with Crippen LogP contribution in [0.2, 0.25) is 0 Å². The van der Waals surface area contributed by atoms with Crippen LogP contribution in [-0.4, -0.2) is 17.4 Å². The van der Waals surface area contributed by atoms with Crippen LogP contribution in [0, 0.1) is 51.2 Å². The van der Waals surface area contributed by atoms with Crippen molar-refractivity contribution in [2.24, 2.45) is 56.2 Å². The Bertz CT molecular complexity index is 930. The zero-order valence-corrected chi connectivity index (χ0v) is 21.9. The van der Waals surface area contributed by atoms with Crippen molar-refractivity contribution in [3.8, 4) is 0 Å². The largest absolute Gasteiger partial charge is 0.299 e. The minimum atomic E-state index is -0.209. The molecule has 3 nitrogen and oxygen atoms in total. The highest BCUT2D eigenvalue weighted by atomic mass is 16.1. The third kappa shape index (κ3) is 2.78. The fourth-order valence-corrected chi connectivity index (χ4v) is 11.2. The summed E-state index contributed by atoms with van der Waals surface area (Å²) in [5, 5.41) is 0. The van der Waals surface area contributed by atoms with Gasteiger partial charge in [-0.1, -0.05) is 46.8 Å². The summed E-state index contributed by atoms with van der Waals surface area (Å²) >= 11 is 0. The molecule has 0 aromatic rings. The van der Waals surface area contributed by atoms with Crippen molar-refractivity contribution in [2.45, 2.75) is 111 Å². The summed E-state index contributed by atoms with van der Waals surface area (Å²) in [5.41, 5.74) is 1.65. The van der Waals surface area contributed by atoms with Crippen molar-refractivity contribution in [3.05, 3.63) is 12.2 Å². The van der Waals surface area contributed by atoms with Gasteiger partial charge in [-0.2, -0.15) is 4.99 Å². The van der Waals surface area contributed by atoms with Gasteiger partial charge in [-0.25, -0.2) is 4.79 Å². The van der Waals surface area contributed by atoms with E-state index in [1.807, 2.05) is 6.08 Å². The Morgan fingerprint density at radius 1 is 0.909 bits per heavy atom. The monoisotopic (exact) mass is 451 g/mol. The van der Waals surface area contributed by atoms with Crippen LogP contribution in [0.3, 0.4) is 0 Å². The number of Topliss-reactive ketones (excluding diaryl/α,β-unsaturated/α-hetero) is 1. The van der Waals surface area contributed by atoms with Crippen molar-refractivity contribution in [2.75, 3.05) is 0 Å². The molecular weight excluding hydrogens is 406 g/mol. The quantitative estimate of drug-likeness (QED) is 0.251.